The van der Waals surface area contributed by atoms with Crippen molar-refractivity contribution in [2.75, 3.05) is 5.32 Å². The lowest BCUT2D eigenvalue weighted by Crippen LogP contribution is -2.21. The average Bonchev–Trinajstić information content (AvgIpc) is 2.43. The van der Waals surface area contributed by atoms with Crippen LogP contribution in [0.15, 0.2) is 24.3 Å². The first-order valence-electron chi connectivity index (χ1n) is 8.10. The molecule has 27 heavy (non-hydrogen) atoms. The Hall–Kier alpha value is -2.06. The van der Waals surface area contributed by atoms with Crippen LogP contribution in [0.1, 0.15) is 33.4 Å². The Bertz CT molecular complexity index is 834. The van der Waals surface area contributed by atoms with Crippen molar-refractivity contribution in [3.8, 4) is 0 Å². The van der Waals surface area contributed by atoms with Gasteiger partial charge in [0.25, 0.3) is 0 Å². The normalized spacial score (nSPS) is 11.6. The maximum atomic E-state index is 10.7. The summed E-state index contributed by atoms with van der Waals surface area (Å²) in [4.78, 5) is 0. The predicted octanol–water partition coefficient (Wildman–Crippen LogP) is 5.67. The number of hydrogen-bond donors (Lipinski definition) is 2. The predicted molar refractivity (Wildman–Crippen MR) is 102 cm³/mol. The third-order valence-electron chi connectivity index (χ3n) is 3.90. The van der Waals surface area contributed by atoms with Gasteiger partial charge in [0.2, 0.25) is 0 Å². The second-order valence-corrected chi connectivity index (χ2v) is 8.01. The van der Waals surface area contributed by atoms with Gasteiger partial charge < -0.3 is 5.32 Å². The Labute approximate surface area is 158 Å². The molecule has 0 atom stereocenters. The molecule has 2 rings (SSSR count). The molecule has 2 N–H and O–H groups in total. The first kappa shape index (κ1) is 23.0. The van der Waals surface area contributed by atoms with E-state index >= 15 is 0 Å². The topological polar surface area (TPSA) is 66.4 Å². The molecule has 0 aliphatic heterocycles. The van der Waals surface area contributed by atoms with Gasteiger partial charge in [0.1, 0.15) is 0 Å². The lowest BCUT2D eigenvalue weighted by atomic mass is 10.0. The van der Waals surface area contributed by atoms with Gasteiger partial charge in [0.05, 0.1) is 0 Å². The van der Waals surface area contributed by atoms with E-state index in [9.17, 15) is 13.2 Å². The van der Waals surface area contributed by atoms with Crippen LogP contribution in [-0.2, 0) is 10.1 Å². The highest BCUT2D eigenvalue weighted by Gasteiger charge is 2.44. The number of alkyl halides is 3. The van der Waals surface area contributed by atoms with Gasteiger partial charge in [0, 0.05) is 11.4 Å². The summed E-state index contributed by atoms with van der Waals surface area (Å²) in [5.41, 5.74) is 4.78. The minimum absolute atomic E-state index is 1.24. The molecule has 0 aromatic heterocycles. The second kappa shape index (κ2) is 8.31. The number of nitrogens with one attached hydrogen (secondary N) is 1. The molecule has 8 heteroatoms. The lowest BCUT2D eigenvalue weighted by Gasteiger charge is -2.18. The Kier molecular flexibility index (Phi) is 7.07. The van der Waals surface area contributed by atoms with E-state index in [4.69, 9.17) is 13.0 Å². The van der Waals surface area contributed by atoms with Gasteiger partial charge in [-0.1, -0.05) is 35.4 Å². The largest absolute Gasteiger partial charge is 0.522 e. The molecule has 0 aliphatic rings. The van der Waals surface area contributed by atoms with Crippen LogP contribution in [0.4, 0.5) is 24.5 Å². The number of anilines is 2. The molecule has 0 saturated carbocycles. The zero-order valence-electron chi connectivity index (χ0n) is 16.1. The van der Waals surface area contributed by atoms with Gasteiger partial charge in [-0.05, 0) is 63.8 Å². The van der Waals surface area contributed by atoms with Crippen LogP contribution in [0.3, 0.4) is 0 Å². The molecule has 0 spiro atoms. The Balaban J connectivity index is 0.000000387. The minimum Gasteiger partial charge on any atom is -0.355 e. The van der Waals surface area contributed by atoms with Crippen LogP contribution in [0.25, 0.3) is 0 Å². The van der Waals surface area contributed by atoms with Gasteiger partial charge in [-0.3, -0.25) is 4.55 Å². The monoisotopic (exact) mass is 403 g/mol. The summed E-state index contributed by atoms with van der Waals surface area (Å²) >= 11 is 0. The van der Waals surface area contributed by atoms with Crippen LogP contribution in [0.2, 0.25) is 0 Å². The van der Waals surface area contributed by atoms with Gasteiger partial charge >= 0.3 is 15.6 Å². The summed E-state index contributed by atoms with van der Waals surface area (Å²) in [6.45, 7) is 13.0. The van der Waals surface area contributed by atoms with Crippen molar-refractivity contribution >= 4 is 21.5 Å². The van der Waals surface area contributed by atoms with E-state index in [0.29, 0.717) is 0 Å². The number of rotatable bonds is 2. The number of aryl methyl sites for hydroxylation is 6. The van der Waals surface area contributed by atoms with Crippen molar-refractivity contribution in [1.82, 2.24) is 0 Å². The maximum Gasteiger partial charge on any atom is 0.522 e. The molecule has 0 unspecified atom stereocenters. The molecular formula is C19H24F3NO3S. The van der Waals surface area contributed by atoms with E-state index in [1.807, 2.05) is 0 Å². The average molecular weight is 403 g/mol. The highest BCUT2D eigenvalue weighted by atomic mass is 32.2. The SMILES string of the molecule is Cc1cc(C)c(Nc2c(C)cc(C)cc2C)c(C)c1.O=S(=O)(O)C(F)(F)F. The Morgan fingerprint density at radius 2 is 0.963 bits per heavy atom. The van der Waals surface area contributed by atoms with Crippen molar-refractivity contribution in [2.45, 2.75) is 47.1 Å². The molecule has 0 heterocycles. The highest BCUT2D eigenvalue weighted by Crippen LogP contribution is 2.30. The molecule has 0 fully saturated rings. The maximum absolute atomic E-state index is 10.7. The van der Waals surface area contributed by atoms with Crippen molar-refractivity contribution in [1.29, 1.82) is 0 Å². The van der Waals surface area contributed by atoms with Crippen molar-refractivity contribution < 1.29 is 26.1 Å². The Morgan fingerprint density at radius 3 is 1.15 bits per heavy atom. The van der Waals surface area contributed by atoms with Gasteiger partial charge in [-0.25, -0.2) is 0 Å². The molecular weight excluding hydrogens is 379 g/mol. The van der Waals surface area contributed by atoms with Crippen LogP contribution in [0.5, 0.6) is 0 Å². The third-order valence-corrected chi connectivity index (χ3v) is 4.48. The molecule has 0 radical (unpaired) electrons. The van der Waals surface area contributed by atoms with E-state index in [2.05, 4.69) is 71.1 Å². The van der Waals surface area contributed by atoms with Gasteiger partial charge in [-0.15, -0.1) is 0 Å². The molecule has 4 nitrogen and oxygen atoms in total. The molecule has 150 valence electrons. The summed E-state index contributed by atoms with van der Waals surface area (Å²) in [5, 5.41) is 3.63. The molecule has 2 aromatic rings. The standard InChI is InChI=1S/C18H23N.CHF3O3S/c1-11-7-13(3)17(14(4)8-11)19-18-15(5)9-12(2)10-16(18)6;2-1(3,4)8(5,6)7/h7-10,19H,1-6H3;(H,5,6,7). The first-order valence-corrected chi connectivity index (χ1v) is 9.54. The van der Waals surface area contributed by atoms with E-state index in [1.54, 1.807) is 0 Å². The number of hydrogen-bond acceptors (Lipinski definition) is 3. The summed E-state index contributed by atoms with van der Waals surface area (Å²) in [6.07, 6.45) is 0. The molecule has 0 aliphatic carbocycles. The number of benzene rings is 2. The van der Waals surface area contributed by atoms with E-state index in [-0.39, 0.29) is 0 Å². The van der Waals surface area contributed by atoms with Crippen LogP contribution in [0, 0.1) is 41.5 Å². The summed E-state index contributed by atoms with van der Waals surface area (Å²) in [6, 6.07) is 8.92. The summed E-state index contributed by atoms with van der Waals surface area (Å²) < 4.78 is 57.5. The van der Waals surface area contributed by atoms with Crippen LogP contribution >= 0.6 is 0 Å². The summed E-state index contributed by atoms with van der Waals surface area (Å²) in [5.74, 6) is 0. The van der Waals surface area contributed by atoms with E-state index < -0.39 is 15.6 Å². The van der Waals surface area contributed by atoms with Crippen LogP contribution < -0.4 is 5.32 Å². The highest BCUT2D eigenvalue weighted by molar-refractivity contribution is 7.86. The minimum atomic E-state index is -5.84. The molecule has 0 bridgehead atoms. The van der Waals surface area contributed by atoms with E-state index in [0.717, 1.165) is 0 Å². The van der Waals surface area contributed by atoms with Crippen molar-refractivity contribution in [2.24, 2.45) is 0 Å². The number of halogens is 3. The smallest absolute Gasteiger partial charge is 0.355 e. The molecule has 0 saturated heterocycles. The lowest BCUT2D eigenvalue weighted by molar-refractivity contribution is -0.0510. The quantitative estimate of drug-likeness (QED) is 0.500. The van der Waals surface area contributed by atoms with Gasteiger partial charge in [-0.2, -0.15) is 21.6 Å². The first-order chi connectivity index (χ1) is 12.1. The third kappa shape index (κ3) is 6.25. The van der Waals surface area contributed by atoms with Crippen molar-refractivity contribution in [3.05, 3.63) is 57.6 Å². The van der Waals surface area contributed by atoms with E-state index in [1.165, 1.54) is 44.8 Å². The fraction of sp³-hybridized carbons (Fsp3) is 0.368. The zero-order chi connectivity index (χ0) is 21.2. The molecule has 0 amide bonds. The zero-order valence-corrected chi connectivity index (χ0v) is 16.9. The van der Waals surface area contributed by atoms with Crippen molar-refractivity contribution in [3.63, 3.8) is 0 Å². The molecule has 2 aromatic carbocycles. The second-order valence-electron chi connectivity index (χ2n) is 6.59. The fourth-order valence-electron chi connectivity index (χ4n) is 2.88. The fourth-order valence-corrected chi connectivity index (χ4v) is 2.88. The van der Waals surface area contributed by atoms with Crippen LogP contribution in [-0.4, -0.2) is 18.5 Å². The Morgan fingerprint density at radius 1 is 0.741 bits per heavy atom. The van der Waals surface area contributed by atoms with Gasteiger partial charge in [0.15, 0.2) is 0 Å². The summed E-state index contributed by atoms with van der Waals surface area (Å²) in [7, 11) is -5.84.